The van der Waals surface area contributed by atoms with Gasteiger partial charge in [0.15, 0.2) is 0 Å². The van der Waals surface area contributed by atoms with Crippen molar-refractivity contribution < 1.29 is 22.7 Å². The standard InChI is InChI=1S/C18H13ClF3NO2S/c19-15-13-7-6-11(18(20,21)22)10-14(13)26-16(15)17(24)23-8-9-25-12-4-2-1-3-5-12/h1-7,10H,8-9H2,(H,23,24). The lowest BCUT2D eigenvalue weighted by Gasteiger charge is -2.07. The SMILES string of the molecule is O=C(NCCOc1ccccc1)c1sc2cc(C(F)(F)F)ccc2c1Cl. The molecule has 1 aromatic heterocycles. The van der Waals surface area contributed by atoms with Gasteiger partial charge >= 0.3 is 6.18 Å². The molecule has 1 amide bonds. The fourth-order valence-electron chi connectivity index (χ4n) is 2.32. The summed E-state index contributed by atoms with van der Waals surface area (Å²) in [5.74, 6) is 0.239. The lowest BCUT2D eigenvalue weighted by atomic mass is 10.1. The van der Waals surface area contributed by atoms with Gasteiger partial charge in [0.2, 0.25) is 0 Å². The van der Waals surface area contributed by atoms with Gasteiger partial charge in [-0.15, -0.1) is 11.3 Å². The first kappa shape index (κ1) is 18.5. The van der Waals surface area contributed by atoms with Gasteiger partial charge in [-0.25, -0.2) is 0 Å². The molecule has 26 heavy (non-hydrogen) atoms. The fourth-order valence-corrected chi connectivity index (χ4v) is 3.79. The van der Waals surface area contributed by atoms with E-state index in [4.69, 9.17) is 16.3 Å². The number of carbonyl (C=O) groups excluding carboxylic acids is 1. The van der Waals surface area contributed by atoms with Crippen LogP contribution in [0.2, 0.25) is 5.02 Å². The average molecular weight is 400 g/mol. The van der Waals surface area contributed by atoms with Gasteiger partial charge in [0, 0.05) is 10.1 Å². The van der Waals surface area contributed by atoms with Crippen molar-refractivity contribution in [2.45, 2.75) is 6.18 Å². The summed E-state index contributed by atoms with van der Waals surface area (Å²) in [4.78, 5) is 12.4. The van der Waals surface area contributed by atoms with Gasteiger partial charge in [-0.2, -0.15) is 13.2 Å². The number of alkyl halides is 3. The van der Waals surface area contributed by atoms with Crippen molar-refractivity contribution in [2.24, 2.45) is 0 Å². The Balaban J connectivity index is 1.67. The summed E-state index contributed by atoms with van der Waals surface area (Å²) in [6.45, 7) is 0.503. The molecule has 0 bridgehead atoms. The van der Waals surface area contributed by atoms with Crippen LogP contribution in [0.4, 0.5) is 13.2 Å². The summed E-state index contributed by atoms with van der Waals surface area (Å²) < 4.78 is 44.2. The van der Waals surface area contributed by atoms with E-state index in [0.29, 0.717) is 15.8 Å². The van der Waals surface area contributed by atoms with Crippen LogP contribution in [-0.2, 0) is 6.18 Å². The average Bonchev–Trinajstić information content (AvgIpc) is 2.95. The summed E-state index contributed by atoms with van der Waals surface area (Å²) >= 11 is 7.10. The summed E-state index contributed by atoms with van der Waals surface area (Å²) in [5, 5.41) is 3.23. The Morgan fingerprint density at radius 1 is 1.15 bits per heavy atom. The van der Waals surface area contributed by atoms with Crippen molar-refractivity contribution in [3.05, 3.63) is 64.0 Å². The first-order valence-corrected chi connectivity index (χ1v) is 8.81. The molecule has 1 N–H and O–H groups in total. The normalized spacial score (nSPS) is 11.5. The molecule has 0 fully saturated rings. The molecule has 0 radical (unpaired) electrons. The van der Waals surface area contributed by atoms with E-state index in [0.717, 1.165) is 23.5 Å². The molecule has 1 heterocycles. The Kier molecular flexibility index (Phi) is 5.38. The molecule has 8 heteroatoms. The molecule has 0 aliphatic carbocycles. The maximum atomic E-state index is 12.8. The number of ether oxygens (including phenoxy) is 1. The second kappa shape index (κ2) is 7.55. The molecular formula is C18H13ClF3NO2S. The zero-order valence-corrected chi connectivity index (χ0v) is 14.8. The molecule has 0 aliphatic rings. The number of benzene rings is 2. The van der Waals surface area contributed by atoms with Gasteiger partial charge in [0.1, 0.15) is 17.2 Å². The highest BCUT2D eigenvalue weighted by Crippen LogP contribution is 2.39. The molecule has 0 atom stereocenters. The lowest BCUT2D eigenvalue weighted by Crippen LogP contribution is -2.27. The molecule has 3 aromatic rings. The van der Waals surface area contributed by atoms with Gasteiger partial charge < -0.3 is 10.1 Å². The van der Waals surface area contributed by atoms with Gasteiger partial charge in [0.25, 0.3) is 5.91 Å². The van der Waals surface area contributed by atoms with E-state index in [1.807, 2.05) is 18.2 Å². The van der Waals surface area contributed by atoms with E-state index in [1.54, 1.807) is 12.1 Å². The summed E-state index contributed by atoms with van der Waals surface area (Å²) in [6, 6.07) is 12.4. The first-order chi connectivity index (χ1) is 12.4. The molecule has 3 rings (SSSR count). The van der Waals surface area contributed by atoms with Crippen LogP contribution in [-0.4, -0.2) is 19.1 Å². The van der Waals surface area contributed by atoms with E-state index in [1.165, 1.54) is 6.07 Å². The third-order valence-electron chi connectivity index (χ3n) is 3.56. The quantitative estimate of drug-likeness (QED) is 0.585. The zero-order chi connectivity index (χ0) is 18.7. The molecule has 0 saturated carbocycles. The van der Waals surface area contributed by atoms with E-state index in [2.05, 4.69) is 5.32 Å². The number of nitrogens with one attached hydrogen (secondary N) is 1. The highest BCUT2D eigenvalue weighted by molar-refractivity contribution is 7.21. The van der Waals surface area contributed by atoms with E-state index in [-0.39, 0.29) is 23.1 Å². The monoisotopic (exact) mass is 399 g/mol. The van der Waals surface area contributed by atoms with Crippen LogP contribution in [0.5, 0.6) is 5.75 Å². The fraction of sp³-hybridized carbons (Fsp3) is 0.167. The van der Waals surface area contributed by atoms with Crippen molar-refractivity contribution in [3.63, 3.8) is 0 Å². The summed E-state index contributed by atoms with van der Waals surface area (Å²) in [7, 11) is 0. The molecule has 2 aromatic carbocycles. The van der Waals surface area contributed by atoms with Crippen LogP contribution >= 0.6 is 22.9 Å². The predicted octanol–water partition coefficient (Wildman–Crippen LogP) is 5.38. The molecule has 3 nitrogen and oxygen atoms in total. The third kappa shape index (κ3) is 4.11. The number of hydrogen-bond donors (Lipinski definition) is 1. The maximum Gasteiger partial charge on any atom is 0.416 e. The highest BCUT2D eigenvalue weighted by atomic mass is 35.5. The molecule has 0 saturated heterocycles. The van der Waals surface area contributed by atoms with E-state index in [9.17, 15) is 18.0 Å². The minimum absolute atomic E-state index is 0.153. The van der Waals surface area contributed by atoms with Crippen LogP contribution in [0.3, 0.4) is 0 Å². The smallest absolute Gasteiger partial charge is 0.416 e. The zero-order valence-electron chi connectivity index (χ0n) is 13.3. The minimum atomic E-state index is -4.44. The third-order valence-corrected chi connectivity index (χ3v) is 5.22. The summed E-state index contributed by atoms with van der Waals surface area (Å²) in [6.07, 6.45) is -4.44. The van der Waals surface area contributed by atoms with Gasteiger partial charge in [-0.3, -0.25) is 4.79 Å². The number of hydrogen-bond acceptors (Lipinski definition) is 3. The van der Waals surface area contributed by atoms with E-state index < -0.39 is 17.6 Å². The first-order valence-electron chi connectivity index (χ1n) is 7.61. The Morgan fingerprint density at radius 2 is 1.88 bits per heavy atom. The molecule has 0 aliphatic heterocycles. The second-order valence-corrected chi connectivity index (χ2v) is 6.80. The van der Waals surface area contributed by atoms with Crippen LogP contribution in [0.1, 0.15) is 15.2 Å². The van der Waals surface area contributed by atoms with Crippen LogP contribution in [0.15, 0.2) is 48.5 Å². The number of halogens is 4. The Morgan fingerprint density at radius 3 is 2.58 bits per heavy atom. The number of para-hydroxylation sites is 1. The second-order valence-electron chi connectivity index (χ2n) is 5.37. The summed E-state index contributed by atoms with van der Waals surface area (Å²) in [5.41, 5.74) is -0.772. The van der Waals surface area contributed by atoms with Gasteiger partial charge in [-0.1, -0.05) is 35.9 Å². The van der Waals surface area contributed by atoms with Crippen molar-refractivity contribution in [1.82, 2.24) is 5.32 Å². The Labute approximate surface area is 156 Å². The van der Waals surface area contributed by atoms with Crippen molar-refractivity contribution in [3.8, 4) is 5.75 Å². The molecular weight excluding hydrogens is 387 g/mol. The van der Waals surface area contributed by atoms with Crippen LogP contribution in [0, 0.1) is 0 Å². The number of rotatable bonds is 5. The van der Waals surface area contributed by atoms with Crippen molar-refractivity contribution in [2.75, 3.05) is 13.2 Å². The van der Waals surface area contributed by atoms with Gasteiger partial charge in [0.05, 0.1) is 17.1 Å². The topological polar surface area (TPSA) is 38.3 Å². The highest BCUT2D eigenvalue weighted by Gasteiger charge is 2.31. The van der Waals surface area contributed by atoms with Gasteiger partial charge in [-0.05, 0) is 24.3 Å². The van der Waals surface area contributed by atoms with Crippen LogP contribution < -0.4 is 10.1 Å². The van der Waals surface area contributed by atoms with Crippen molar-refractivity contribution >= 4 is 38.9 Å². The Hall–Kier alpha value is -2.25. The lowest BCUT2D eigenvalue weighted by molar-refractivity contribution is -0.137. The Bertz CT molecular complexity index is 925. The number of carbonyl (C=O) groups is 1. The number of fused-ring (bicyclic) bond motifs is 1. The minimum Gasteiger partial charge on any atom is -0.492 e. The number of amides is 1. The number of thiophene rings is 1. The molecule has 0 spiro atoms. The van der Waals surface area contributed by atoms with Crippen LogP contribution in [0.25, 0.3) is 10.1 Å². The predicted molar refractivity (Wildman–Crippen MR) is 96.1 cm³/mol. The van der Waals surface area contributed by atoms with Crippen molar-refractivity contribution in [1.29, 1.82) is 0 Å². The maximum absolute atomic E-state index is 12.8. The molecule has 0 unspecified atom stereocenters. The molecule has 136 valence electrons. The largest absolute Gasteiger partial charge is 0.492 e. The van der Waals surface area contributed by atoms with E-state index >= 15 is 0 Å².